The lowest BCUT2D eigenvalue weighted by molar-refractivity contribution is 0.629. The molecular formula is C24H23N5. The highest BCUT2D eigenvalue weighted by Gasteiger charge is 2.20. The Labute approximate surface area is 170 Å². The first-order chi connectivity index (χ1) is 13.9. The van der Waals surface area contributed by atoms with Crippen molar-refractivity contribution in [3.8, 4) is 23.1 Å². The number of pyridine rings is 1. The van der Waals surface area contributed by atoms with Crippen molar-refractivity contribution in [2.75, 3.05) is 5.32 Å². The van der Waals surface area contributed by atoms with E-state index < -0.39 is 0 Å². The highest BCUT2D eigenvalue weighted by atomic mass is 15.2. The molecule has 4 rings (SSSR count). The molecular weight excluding hydrogens is 358 g/mol. The summed E-state index contributed by atoms with van der Waals surface area (Å²) in [5.41, 5.74) is 5.12. The van der Waals surface area contributed by atoms with Crippen LogP contribution in [0.1, 0.15) is 37.7 Å². The number of benzene rings is 1. The number of hydrogen-bond donors (Lipinski definition) is 1. The van der Waals surface area contributed by atoms with Gasteiger partial charge in [-0.3, -0.25) is 9.38 Å². The van der Waals surface area contributed by atoms with Crippen molar-refractivity contribution in [2.45, 2.75) is 33.2 Å². The molecule has 0 aliphatic heterocycles. The zero-order valence-electron chi connectivity index (χ0n) is 17.1. The largest absolute Gasteiger partial charge is 0.365 e. The number of aromatic nitrogens is 4. The predicted molar refractivity (Wildman–Crippen MR) is 117 cm³/mol. The fourth-order valence-corrected chi connectivity index (χ4v) is 3.11. The number of nitrogens with one attached hydrogen (secondary N) is 1. The first-order valence-electron chi connectivity index (χ1n) is 9.56. The molecule has 144 valence electrons. The molecule has 29 heavy (non-hydrogen) atoms. The Hall–Kier alpha value is -3.65. The molecule has 3 heterocycles. The Bertz CT molecular complexity index is 1220. The van der Waals surface area contributed by atoms with Gasteiger partial charge >= 0.3 is 0 Å². The number of aryl methyl sites for hydroxylation is 1. The molecule has 0 spiro atoms. The summed E-state index contributed by atoms with van der Waals surface area (Å²) >= 11 is 0. The van der Waals surface area contributed by atoms with Crippen LogP contribution in [0.5, 0.6) is 0 Å². The molecule has 0 bridgehead atoms. The number of nitrogens with zero attached hydrogens (tertiary/aromatic N) is 4. The highest BCUT2D eigenvalue weighted by Crippen LogP contribution is 2.32. The van der Waals surface area contributed by atoms with E-state index in [2.05, 4.69) is 42.9 Å². The monoisotopic (exact) mass is 381 g/mol. The van der Waals surface area contributed by atoms with Crippen LogP contribution in [0, 0.1) is 18.8 Å². The van der Waals surface area contributed by atoms with Crippen LogP contribution < -0.4 is 5.32 Å². The van der Waals surface area contributed by atoms with E-state index in [4.69, 9.17) is 9.97 Å². The van der Waals surface area contributed by atoms with Crippen LogP contribution in [-0.4, -0.2) is 24.9 Å². The third-order valence-electron chi connectivity index (χ3n) is 4.37. The van der Waals surface area contributed by atoms with Gasteiger partial charge in [0.15, 0.2) is 5.65 Å². The summed E-state index contributed by atoms with van der Waals surface area (Å²) in [7, 11) is 0. The smallest absolute Gasteiger partial charge is 0.157 e. The fraction of sp³-hybridized carbons (Fsp3) is 0.208. The van der Waals surface area contributed by atoms with Gasteiger partial charge in [0, 0.05) is 34.8 Å². The molecule has 0 unspecified atom stereocenters. The van der Waals surface area contributed by atoms with Gasteiger partial charge in [0.05, 0.1) is 6.20 Å². The van der Waals surface area contributed by atoms with Crippen LogP contribution in [0.25, 0.3) is 16.9 Å². The first-order valence-corrected chi connectivity index (χ1v) is 9.56. The van der Waals surface area contributed by atoms with Gasteiger partial charge in [-0.1, -0.05) is 24.1 Å². The zero-order chi connectivity index (χ0) is 20.4. The molecule has 4 aromatic rings. The van der Waals surface area contributed by atoms with Gasteiger partial charge in [-0.05, 0) is 57.9 Å². The topological polar surface area (TPSA) is 55.1 Å². The Morgan fingerprint density at radius 3 is 2.48 bits per heavy atom. The second-order valence-corrected chi connectivity index (χ2v) is 7.93. The lowest BCUT2D eigenvalue weighted by atomic mass is 10.1. The summed E-state index contributed by atoms with van der Waals surface area (Å²) in [6, 6.07) is 13.9. The van der Waals surface area contributed by atoms with Crippen LogP contribution in [-0.2, 0) is 0 Å². The minimum absolute atomic E-state index is 0.115. The maximum Gasteiger partial charge on any atom is 0.157 e. The Kier molecular flexibility index (Phi) is 4.77. The molecule has 0 aliphatic rings. The lowest BCUT2D eigenvalue weighted by Gasteiger charge is -2.22. The lowest BCUT2D eigenvalue weighted by Crippen LogP contribution is -2.27. The van der Waals surface area contributed by atoms with E-state index >= 15 is 0 Å². The van der Waals surface area contributed by atoms with Gasteiger partial charge in [0.1, 0.15) is 17.2 Å². The summed E-state index contributed by atoms with van der Waals surface area (Å²) in [5.74, 6) is 7.24. The molecule has 1 aromatic carbocycles. The van der Waals surface area contributed by atoms with Gasteiger partial charge in [0.25, 0.3) is 0 Å². The van der Waals surface area contributed by atoms with E-state index in [1.165, 1.54) is 0 Å². The van der Waals surface area contributed by atoms with Crippen molar-refractivity contribution in [3.63, 3.8) is 0 Å². The minimum atomic E-state index is -0.115. The Morgan fingerprint density at radius 2 is 1.76 bits per heavy atom. The van der Waals surface area contributed by atoms with Crippen LogP contribution in [0.2, 0.25) is 0 Å². The molecule has 0 atom stereocenters. The van der Waals surface area contributed by atoms with E-state index in [-0.39, 0.29) is 5.54 Å². The van der Waals surface area contributed by atoms with Crippen LogP contribution >= 0.6 is 0 Å². The molecule has 0 saturated heterocycles. The van der Waals surface area contributed by atoms with E-state index in [0.29, 0.717) is 0 Å². The van der Waals surface area contributed by atoms with Crippen molar-refractivity contribution in [2.24, 2.45) is 0 Å². The summed E-state index contributed by atoms with van der Waals surface area (Å²) < 4.78 is 2.02. The van der Waals surface area contributed by atoms with E-state index in [9.17, 15) is 0 Å². The minimum Gasteiger partial charge on any atom is -0.365 e. The Balaban J connectivity index is 1.77. The molecule has 0 amide bonds. The molecule has 5 heteroatoms. The number of anilines is 1. The molecule has 0 fully saturated rings. The Morgan fingerprint density at radius 1 is 0.966 bits per heavy atom. The van der Waals surface area contributed by atoms with Gasteiger partial charge < -0.3 is 5.32 Å². The third kappa shape index (κ3) is 4.12. The number of hydrogen-bond acceptors (Lipinski definition) is 4. The van der Waals surface area contributed by atoms with E-state index in [1.54, 1.807) is 12.4 Å². The molecule has 3 aromatic heterocycles. The summed E-state index contributed by atoms with van der Waals surface area (Å²) in [4.78, 5) is 13.7. The zero-order valence-corrected chi connectivity index (χ0v) is 17.1. The quantitative estimate of drug-likeness (QED) is 0.511. The predicted octanol–water partition coefficient (Wildman–Crippen LogP) is 4.71. The van der Waals surface area contributed by atoms with Gasteiger partial charge in [-0.25, -0.2) is 9.97 Å². The molecule has 0 saturated carbocycles. The second kappa shape index (κ2) is 7.40. The number of fused-ring (bicyclic) bond motifs is 1. The summed E-state index contributed by atoms with van der Waals surface area (Å²) in [5, 5.41) is 3.58. The van der Waals surface area contributed by atoms with Crippen LogP contribution in [0.4, 0.5) is 5.82 Å². The van der Waals surface area contributed by atoms with Crippen molar-refractivity contribution in [1.82, 2.24) is 19.4 Å². The maximum absolute atomic E-state index is 4.81. The van der Waals surface area contributed by atoms with Crippen molar-refractivity contribution in [1.29, 1.82) is 0 Å². The normalized spacial score (nSPS) is 11.2. The fourth-order valence-electron chi connectivity index (χ4n) is 3.11. The van der Waals surface area contributed by atoms with Gasteiger partial charge in [-0.15, -0.1) is 0 Å². The van der Waals surface area contributed by atoms with Gasteiger partial charge in [-0.2, -0.15) is 0 Å². The first kappa shape index (κ1) is 18.7. The van der Waals surface area contributed by atoms with Crippen LogP contribution in [0.3, 0.4) is 0 Å². The van der Waals surface area contributed by atoms with E-state index in [0.717, 1.165) is 39.7 Å². The molecule has 1 N–H and O–H groups in total. The van der Waals surface area contributed by atoms with Crippen molar-refractivity contribution in [3.05, 3.63) is 78.0 Å². The standard InChI is InChI=1S/C24H23N5/c1-17-20(13-12-19(26-17)11-10-18-8-6-5-7-9-18)22-23(28-24(2,3)4)29-15-14-25-16-21(29)27-22/h5-9,12-16,28H,1-4H3. The third-order valence-corrected chi connectivity index (χ3v) is 4.37. The van der Waals surface area contributed by atoms with Gasteiger partial charge in [0.2, 0.25) is 0 Å². The van der Waals surface area contributed by atoms with Crippen molar-refractivity contribution < 1.29 is 0 Å². The maximum atomic E-state index is 4.81. The molecule has 5 nitrogen and oxygen atoms in total. The van der Waals surface area contributed by atoms with Crippen LogP contribution in [0.15, 0.2) is 61.1 Å². The summed E-state index contributed by atoms with van der Waals surface area (Å²) in [6.07, 6.45) is 5.45. The average Bonchev–Trinajstić information content (AvgIpc) is 3.04. The van der Waals surface area contributed by atoms with Crippen molar-refractivity contribution >= 4 is 11.5 Å². The highest BCUT2D eigenvalue weighted by molar-refractivity contribution is 5.78. The van der Waals surface area contributed by atoms with E-state index in [1.807, 2.05) is 60.0 Å². The number of rotatable bonds is 2. The summed E-state index contributed by atoms with van der Waals surface area (Å²) in [6.45, 7) is 8.38. The molecule has 0 aliphatic carbocycles. The average molecular weight is 381 g/mol. The number of imidazole rings is 1. The second-order valence-electron chi connectivity index (χ2n) is 7.93. The molecule has 0 radical (unpaired) electrons. The SMILES string of the molecule is Cc1nc(C#Cc2ccccc2)ccc1-c1nc2cnccn2c1NC(C)(C)C.